The molecule has 1 aliphatic heterocycles. The summed E-state index contributed by atoms with van der Waals surface area (Å²) in [5.41, 5.74) is 8.10. The summed E-state index contributed by atoms with van der Waals surface area (Å²) >= 11 is 0. The van der Waals surface area contributed by atoms with E-state index in [1.165, 1.54) is 0 Å². The van der Waals surface area contributed by atoms with E-state index in [9.17, 15) is 4.79 Å². The van der Waals surface area contributed by atoms with Crippen LogP contribution in [0.2, 0.25) is 0 Å². The lowest BCUT2D eigenvalue weighted by Crippen LogP contribution is -2.40. The predicted octanol–water partition coefficient (Wildman–Crippen LogP) is 5.19. The summed E-state index contributed by atoms with van der Waals surface area (Å²) in [6.07, 6.45) is 5.26. The highest BCUT2D eigenvalue weighted by atomic mass is 16.5. The van der Waals surface area contributed by atoms with Gasteiger partial charge in [0.15, 0.2) is 5.82 Å². The summed E-state index contributed by atoms with van der Waals surface area (Å²) in [5.74, 6) is 1.27. The van der Waals surface area contributed by atoms with Crippen LogP contribution in [0.1, 0.15) is 35.8 Å². The van der Waals surface area contributed by atoms with Gasteiger partial charge >= 0.3 is 0 Å². The first-order chi connectivity index (χ1) is 18.5. The molecule has 3 N–H and O–H groups in total. The van der Waals surface area contributed by atoms with Gasteiger partial charge in [-0.15, -0.1) is 0 Å². The number of amides is 1. The molecule has 0 bridgehead atoms. The van der Waals surface area contributed by atoms with Crippen LogP contribution in [0.5, 0.6) is 0 Å². The standard InChI is InChI=1S/C29H31N7O2/c1-19(18-32-30-2)20-6-8-23(9-7-20)33-27-10-13-31-28(35-27)22-5-4-21-16-26(34-25(21)17-22)29(37)36(3)24-11-14-38-15-12-24/h4-10,13,16-18,24,32,34H,2,11-12,14-15H2,1,3H3,(H,31,33,35)/b19-18+. The molecule has 194 valence electrons. The van der Waals surface area contributed by atoms with Crippen LogP contribution in [0.4, 0.5) is 11.5 Å². The SMILES string of the molecule is C=NN/C=C(\C)c1ccc(Nc2ccnc(-c3ccc4cc(C(=O)N(C)C5CCOCC5)[nH]c4c3)n2)cc1. The van der Waals surface area contributed by atoms with Crippen molar-refractivity contribution in [2.24, 2.45) is 5.10 Å². The lowest BCUT2D eigenvalue weighted by atomic mass is 10.1. The Morgan fingerprint density at radius 3 is 2.71 bits per heavy atom. The molecule has 9 nitrogen and oxygen atoms in total. The van der Waals surface area contributed by atoms with Gasteiger partial charge in [0, 0.05) is 67.6 Å². The summed E-state index contributed by atoms with van der Waals surface area (Å²) in [4.78, 5) is 27.4. The Hall–Kier alpha value is -4.50. The summed E-state index contributed by atoms with van der Waals surface area (Å²) < 4.78 is 5.43. The smallest absolute Gasteiger partial charge is 0.270 e. The minimum Gasteiger partial charge on any atom is -0.381 e. The second-order valence-corrected chi connectivity index (χ2v) is 9.33. The highest BCUT2D eigenvalue weighted by Crippen LogP contribution is 2.26. The highest BCUT2D eigenvalue weighted by Gasteiger charge is 2.24. The third kappa shape index (κ3) is 5.57. The highest BCUT2D eigenvalue weighted by molar-refractivity contribution is 5.98. The zero-order valence-electron chi connectivity index (χ0n) is 21.6. The normalized spacial score (nSPS) is 14.3. The first-order valence-electron chi connectivity index (χ1n) is 12.6. The summed E-state index contributed by atoms with van der Waals surface area (Å²) in [7, 11) is 1.87. The fourth-order valence-corrected chi connectivity index (χ4v) is 4.57. The van der Waals surface area contributed by atoms with Crippen LogP contribution in [0.3, 0.4) is 0 Å². The average molecular weight is 510 g/mol. The number of carbonyl (C=O) groups excluding carboxylic acids is 1. The van der Waals surface area contributed by atoms with E-state index >= 15 is 0 Å². The van der Waals surface area contributed by atoms with Crippen LogP contribution in [0, 0.1) is 0 Å². The van der Waals surface area contributed by atoms with Crippen LogP contribution in [0.15, 0.2) is 72.1 Å². The maximum Gasteiger partial charge on any atom is 0.270 e. The van der Waals surface area contributed by atoms with Crippen molar-refractivity contribution in [3.05, 3.63) is 78.3 Å². The number of anilines is 2. The van der Waals surface area contributed by atoms with Crippen molar-refractivity contribution in [1.82, 2.24) is 25.3 Å². The first kappa shape index (κ1) is 25.2. The number of ether oxygens (including phenoxy) is 1. The number of carbonyl (C=O) groups is 1. The topological polar surface area (TPSA) is 108 Å². The maximum atomic E-state index is 13.1. The zero-order chi connectivity index (χ0) is 26.5. The zero-order valence-corrected chi connectivity index (χ0v) is 21.6. The van der Waals surface area contributed by atoms with Crippen LogP contribution < -0.4 is 10.7 Å². The predicted molar refractivity (Wildman–Crippen MR) is 151 cm³/mol. The Bertz CT molecular complexity index is 1470. The quantitative estimate of drug-likeness (QED) is 0.223. The molecule has 1 saturated heterocycles. The van der Waals surface area contributed by atoms with Crippen molar-refractivity contribution < 1.29 is 9.53 Å². The third-order valence-electron chi connectivity index (χ3n) is 6.81. The van der Waals surface area contributed by atoms with Crippen LogP contribution in [-0.4, -0.2) is 58.8 Å². The van der Waals surface area contributed by atoms with E-state index in [2.05, 4.69) is 32.5 Å². The van der Waals surface area contributed by atoms with Crippen molar-refractivity contribution in [1.29, 1.82) is 0 Å². The first-order valence-corrected chi connectivity index (χ1v) is 12.6. The van der Waals surface area contributed by atoms with Crippen molar-refractivity contribution in [2.75, 3.05) is 25.6 Å². The number of fused-ring (bicyclic) bond motifs is 1. The molecular formula is C29H31N7O2. The molecule has 0 aliphatic carbocycles. The van der Waals surface area contributed by atoms with Gasteiger partial charge in [0.25, 0.3) is 5.91 Å². The second-order valence-electron chi connectivity index (χ2n) is 9.33. The third-order valence-corrected chi connectivity index (χ3v) is 6.81. The molecule has 1 amide bonds. The molecular weight excluding hydrogens is 478 g/mol. The van der Waals surface area contributed by atoms with Gasteiger partial charge in [-0.3, -0.25) is 10.2 Å². The molecule has 2 aromatic heterocycles. The van der Waals surface area contributed by atoms with Gasteiger partial charge in [0.05, 0.1) is 0 Å². The lowest BCUT2D eigenvalue weighted by Gasteiger charge is -2.30. The summed E-state index contributed by atoms with van der Waals surface area (Å²) in [5, 5.41) is 7.94. The number of nitrogens with zero attached hydrogens (tertiary/aromatic N) is 4. The van der Waals surface area contributed by atoms with Gasteiger partial charge in [-0.25, -0.2) is 9.97 Å². The number of hydrazone groups is 1. The molecule has 0 spiro atoms. The van der Waals surface area contributed by atoms with E-state index in [0.717, 1.165) is 46.1 Å². The monoisotopic (exact) mass is 509 g/mol. The Morgan fingerprint density at radius 2 is 1.95 bits per heavy atom. The molecule has 0 radical (unpaired) electrons. The van der Waals surface area contributed by atoms with Crippen LogP contribution in [-0.2, 0) is 4.74 Å². The van der Waals surface area contributed by atoms with Crippen LogP contribution in [0.25, 0.3) is 27.9 Å². The van der Waals surface area contributed by atoms with Gasteiger partial charge in [-0.05, 0) is 61.2 Å². The Morgan fingerprint density at radius 1 is 1.16 bits per heavy atom. The number of hydrogen-bond donors (Lipinski definition) is 3. The molecule has 1 aliphatic rings. The van der Waals surface area contributed by atoms with E-state index in [4.69, 9.17) is 9.72 Å². The Kier molecular flexibility index (Phi) is 7.46. The van der Waals surface area contributed by atoms with Crippen molar-refractivity contribution in [2.45, 2.75) is 25.8 Å². The number of aromatic nitrogens is 3. The molecule has 2 aromatic carbocycles. The number of rotatable bonds is 8. The molecule has 0 saturated carbocycles. The fourth-order valence-electron chi connectivity index (χ4n) is 4.57. The van der Waals surface area contributed by atoms with Crippen LogP contribution >= 0.6 is 0 Å². The minimum absolute atomic E-state index is 0.0116. The van der Waals surface area contributed by atoms with E-state index in [1.54, 1.807) is 12.4 Å². The van der Waals surface area contributed by atoms with Gasteiger partial charge in [-0.1, -0.05) is 24.3 Å². The molecule has 1 fully saturated rings. The number of H-pyrrole nitrogens is 1. The van der Waals surface area contributed by atoms with Gasteiger partial charge in [0.1, 0.15) is 11.5 Å². The number of hydrogen-bond acceptors (Lipinski definition) is 7. The second kappa shape index (κ2) is 11.3. The Balaban J connectivity index is 1.32. The Labute approximate surface area is 221 Å². The molecule has 4 aromatic rings. The average Bonchev–Trinajstić information content (AvgIpc) is 3.40. The number of allylic oxidation sites excluding steroid dienone is 1. The van der Waals surface area contributed by atoms with E-state index in [0.29, 0.717) is 30.5 Å². The van der Waals surface area contributed by atoms with E-state index < -0.39 is 0 Å². The number of benzene rings is 2. The van der Waals surface area contributed by atoms with Gasteiger partial charge in [0.2, 0.25) is 0 Å². The summed E-state index contributed by atoms with van der Waals surface area (Å²) in [6, 6.07) is 17.9. The summed E-state index contributed by atoms with van der Waals surface area (Å²) in [6.45, 7) is 6.80. The van der Waals surface area contributed by atoms with Crippen molar-refractivity contribution in [3.8, 4) is 11.4 Å². The van der Waals surface area contributed by atoms with Gasteiger partial charge in [-0.2, -0.15) is 5.10 Å². The maximum absolute atomic E-state index is 13.1. The molecule has 5 rings (SSSR count). The molecule has 3 heterocycles. The fraction of sp³-hybridized carbons (Fsp3) is 0.241. The van der Waals surface area contributed by atoms with Crippen molar-refractivity contribution in [3.63, 3.8) is 0 Å². The number of nitrogens with one attached hydrogen (secondary N) is 3. The van der Waals surface area contributed by atoms with Gasteiger partial charge < -0.3 is 19.9 Å². The minimum atomic E-state index is -0.0116. The molecule has 38 heavy (non-hydrogen) atoms. The largest absolute Gasteiger partial charge is 0.381 e. The molecule has 9 heteroatoms. The van der Waals surface area contributed by atoms with Crippen molar-refractivity contribution >= 4 is 40.6 Å². The number of aromatic amines is 1. The molecule has 0 unspecified atom stereocenters. The van der Waals surface area contributed by atoms with E-state index in [1.807, 2.05) is 73.5 Å². The van der Waals surface area contributed by atoms with E-state index in [-0.39, 0.29) is 11.9 Å². The molecule has 0 atom stereocenters. The lowest BCUT2D eigenvalue weighted by molar-refractivity contribution is 0.0359.